The zero-order valence-electron chi connectivity index (χ0n) is 10.4. The van der Waals surface area contributed by atoms with Gasteiger partial charge in [-0.3, -0.25) is 0 Å². The van der Waals surface area contributed by atoms with Crippen molar-refractivity contribution in [3.05, 3.63) is 28.8 Å². The smallest absolute Gasteiger partial charge is 0.207 e. The molecular formula is C11H12Cl2F3NO2S. The van der Waals surface area contributed by atoms with Crippen molar-refractivity contribution in [1.82, 2.24) is 4.31 Å². The molecule has 0 saturated carbocycles. The summed E-state index contributed by atoms with van der Waals surface area (Å²) in [6.07, 6.45) is -5.65. The van der Waals surface area contributed by atoms with Crippen LogP contribution in [0.1, 0.15) is 12.0 Å². The van der Waals surface area contributed by atoms with Gasteiger partial charge in [-0.05, 0) is 17.7 Å². The van der Waals surface area contributed by atoms with Gasteiger partial charge < -0.3 is 0 Å². The largest absolute Gasteiger partial charge is 0.390 e. The summed E-state index contributed by atoms with van der Waals surface area (Å²) in [5, 5.41) is -0.0577. The molecular weight excluding hydrogens is 338 g/mol. The number of rotatable bonds is 5. The van der Waals surface area contributed by atoms with Crippen molar-refractivity contribution in [1.29, 1.82) is 0 Å². The molecule has 1 rings (SSSR count). The fourth-order valence-electron chi connectivity index (χ4n) is 1.40. The van der Waals surface area contributed by atoms with Crippen LogP contribution in [0.25, 0.3) is 0 Å². The van der Waals surface area contributed by atoms with Gasteiger partial charge in [0.05, 0.1) is 11.4 Å². The molecule has 0 N–H and O–H groups in total. The molecule has 0 unspecified atom stereocenters. The highest BCUT2D eigenvalue weighted by atomic mass is 35.5. The van der Waals surface area contributed by atoms with E-state index in [4.69, 9.17) is 23.2 Å². The van der Waals surface area contributed by atoms with Crippen LogP contribution in [0.4, 0.5) is 13.2 Å². The maximum Gasteiger partial charge on any atom is 0.390 e. The third kappa shape index (κ3) is 4.51. The standard InChI is InChI=1S/C11H12Cl2F3NO2S/c1-17(5-4-11(14,15)16)20(18,19)10-6-8(7-12)2-3-9(10)13/h2-3,6H,4-5,7H2,1H3. The first kappa shape index (κ1) is 17.6. The first-order valence-corrected chi connectivity index (χ1v) is 7.80. The summed E-state index contributed by atoms with van der Waals surface area (Å²) in [5.74, 6) is 0.0754. The van der Waals surface area contributed by atoms with Crippen LogP contribution in [0.5, 0.6) is 0 Å². The Labute approximate surface area is 125 Å². The van der Waals surface area contributed by atoms with Crippen molar-refractivity contribution >= 4 is 33.2 Å². The molecule has 0 bridgehead atoms. The molecule has 0 atom stereocenters. The summed E-state index contributed by atoms with van der Waals surface area (Å²) in [6.45, 7) is -0.673. The third-order valence-electron chi connectivity index (χ3n) is 2.55. The van der Waals surface area contributed by atoms with Gasteiger partial charge in [-0.15, -0.1) is 11.6 Å². The van der Waals surface area contributed by atoms with E-state index < -0.39 is 29.2 Å². The molecule has 9 heteroatoms. The Morgan fingerprint density at radius 2 is 1.90 bits per heavy atom. The van der Waals surface area contributed by atoms with Gasteiger partial charge in [-0.2, -0.15) is 13.2 Å². The Morgan fingerprint density at radius 1 is 1.30 bits per heavy atom. The highest BCUT2D eigenvalue weighted by molar-refractivity contribution is 7.89. The van der Waals surface area contributed by atoms with Gasteiger partial charge in [0, 0.05) is 19.5 Å². The minimum Gasteiger partial charge on any atom is -0.207 e. The van der Waals surface area contributed by atoms with E-state index in [1.165, 1.54) is 12.1 Å². The monoisotopic (exact) mass is 349 g/mol. The van der Waals surface area contributed by atoms with E-state index in [2.05, 4.69) is 0 Å². The maximum absolute atomic E-state index is 12.2. The average Bonchev–Trinajstić information content (AvgIpc) is 2.35. The number of sulfonamides is 1. The second-order valence-electron chi connectivity index (χ2n) is 4.09. The topological polar surface area (TPSA) is 37.4 Å². The molecule has 114 valence electrons. The lowest BCUT2D eigenvalue weighted by molar-refractivity contribution is -0.135. The van der Waals surface area contributed by atoms with Crippen LogP contribution in [-0.2, 0) is 15.9 Å². The number of hydrogen-bond acceptors (Lipinski definition) is 2. The summed E-state index contributed by atoms with van der Waals surface area (Å²) in [7, 11) is -3.01. The average molecular weight is 350 g/mol. The van der Waals surface area contributed by atoms with Crippen molar-refractivity contribution in [3.63, 3.8) is 0 Å². The second kappa shape index (κ2) is 6.51. The van der Waals surface area contributed by atoms with Crippen LogP contribution in [0.3, 0.4) is 0 Å². The van der Waals surface area contributed by atoms with Crippen molar-refractivity contribution < 1.29 is 21.6 Å². The van der Waals surface area contributed by atoms with Gasteiger partial charge in [-0.1, -0.05) is 17.7 Å². The predicted molar refractivity (Wildman–Crippen MR) is 71.5 cm³/mol. The Bertz CT molecular complexity index is 576. The Hall–Kier alpha value is -0.500. The van der Waals surface area contributed by atoms with Crippen molar-refractivity contribution in [2.24, 2.45) is 0 Å². The van der Waals surface area contributed by atoms with E-state index in [0.717, 1.165) is 7.05 Å². The molecule has 0 fully saturated rings. The number of nitrogens with zero attached hydrogens (tertiary/aromatic N) is 1. The van der Waals surface area contributed by atoms with Crippen LogP contribution in [0, 0.1) is 0 Å². The molecule has 0 spiro atoms. The Morgan fingerprint density at radius 3 is 2.40 bits per heavy atom. The zero-order valence-corrected chi connectivity index (χ0v) is 12.7. The van der Waals surface area contributed by atoms with Crippen LogP contribution in [0.15, 0.2) is 23.1 Å². The highest BCUT2D eigenvalue weighted by Gasteiger charge is 2.31. The van der Waals surface area contributed by atoms with E-state index in [1.54, 1.807) is 6.07 Å². The fraction of sp³-hybridized carbons (Fsp3) is 0.455. The highest BCUT2D eigenvalue weighted by Crippen LogP contribution is 2.27. The first-order valence-electron chi connectivity index (χ1n) is 5.45. The molecule has 0 radical (unpaired) electrons. The van der Waals surface area contributed by atoms with Crippen molar-refractivity contribution in [3.8, 4) is 0 Å². The number of alkyl halides is 4. The lowest BCUT2D eigenvalue weighted by Gasteiger charge is -2.19. The lowest BCUT2D eigenvalue weighted by atomic mass is 10.2. The van der Waals surface area contributed by atoms with Crippen LogP contribution in [-0.4, -0.2) is 32.5 Å². The van der Waals surface area contributed by atoms with Crippen LogP contribution in [0.2, 0.25) is 5.02 Å². The summed E-state index contributed by atoms with van der Waals surface area (Å²) in [5.41, 5.74) is 0.513. The normalized spacial score (nSPS) is 12.9. The maximum atomic E-state index is 12.2. The quantitative estimate of drug-likeness (QED) is 0.761. The van der Waals surface area contributed by atoms with Gasteiger partial charge in [0.15, 0.2) is 0 Å². The van der Waals surface area contributed by atoms with Gasteiger partial charge in [-0.25, -0.2) is 12.7 Å². The van der Waals surface area contributed by atoms with Crippen molar-refractivity contribution in [2.45, 2.75) is 23.4 Å². The van der Waals surface area contributed by atoms with E-state index in [1.807, 2.05) is 0 Å². The molecule has 20 heavy (non-hydrogen) atoms. The molecule has 0 aliphatic carbocycles. The molecule has 3 nitrogen and oxygen atoms in total. The van der Waals surface area contributed by atoms with Crippen LogP contribution >= 0.6 is 23.2 Å². The summed E-state index contributed by atoms with van der Waals surface area (Å²) in [6, 6.07) is 4.16. The first-order chi connectivity index (χ1) is 9.08. The second-order valence-corrected chi connectivity index (χ2v) is 6.78. The molecule has 0 amide bonds. The van der Waals surface area contributed by atoms with Gasteiger partial charge >= 0.3 is 6.18 Å². The van der Waals surface area contributed by atoms with E-state index in [9.17, 15) is 21.6 Å². The van der Waals surface area contributed by atoms with Crippen molar-refractivity contribution in [2.75, 3.05) is 13.6 Å². The fourth-order valence-corrected chi connectivity index (χ4v) is 3.26. The SMILES string of the molecule is CN(CCC(F)(F)F)S(=O)(=O)c1cc(CCl)ccc1Cl. The third-order valence-corrected chi connectivity index (χ3v) is 5.20. The number of hydrogen-bond donors (Lipinski definition) is 0. The summed E-state index contributed by atoms with van der Waals surface area (Å²) in [4.78, 5) is -0.248. The minimum atomic E-state index is -4.43. The predicted octanol–water partition coefficient (Wildman–Crippen LogP) is 3.65. The number of halogens is 5. The molecule has 1 aromatic carbocycles. The minimum absolute atomic E-state index is 0.0577. The summed E-state index contributed by atoms with van der Waals surface area (Å²) < 4.78 is 61.4. The number of benzene rings is 1. The lowest BCUT2D eigenvalue weighted by Crippen LogP contribution is -2.31. The van der Waals surface area contributed by atoms with Gasteiger partial charge in [0.2, 0.25) is 10.0 Å². The zero-order chi connectivity index (χ0) is 15.6. The molecule has 0 saturated heterocycles. The van der Waals surface area contributed by atoms with E-state index in [-0.39, 0.29) is 15.8 Å². The molecule has 0 heterocycles. The molecule has 0 aromatic heterocycles. The molecule has 1 aromatic rings. The summed E-state index contributed by atoms with van der Waals surface area (Å²) >= 11 is 11.4. The van der Waals surface area contributed by atoms with Gasteiger partial charge in [0.25, 0.3) is 0 Å². The van der Waals surface area contributed by atoms with Gasteiger partial charge in [0.1, 0.15) is 4.90 Å². The van der Waals surface area contributed by atoms with Crippen LogP contribution < -0.4 is 0 Å². The Kier molecular flexibility index (Phi) is 5.71. The molecule has 0 aliphatic rings. The Balaban J connectivity index is 3.04. The molecule has 0 aliphatic heterocycles. The van der Waals surface area contributed by atoms with E-state index in [0.29, 0.717) is 9.87 Å². The van der Waals surface area contributed by atoms with E-state index >= 15 is 0 Å².